The maximum atomic E-state index is 6.06. The van der Waals surface area contributed by atoms with Crippen LogP contribution in [0.3, 0.4) is 0 Å². The highest BCUT2D eigenvalue weighted by Gasteiger charge is 2.41. The van der Waals surface area contributed by atoms with Crippen LogP contribution >= 0.6 is 0 Å². The Hall–Kier alpha value is -1.36. The molecule has 1 spiro atoms. The Morgan fingerprint density at radius 2 is 2.00 bits per heavy atom. The number of hydrogen-bond acceptors (Lipinski definition) is 5. The Bertz CT molecular complexity index is 559. The van der Waals surface area contributed by atoms with E-state index in [9.17, 15) is 0 Å². The minimum Gasteiger partial charge on any atom is -0.370 e. The lowest BCUT2D eigenvalue weighted by atomic mass is 9.72. The van der Waals surface area contributed by atoms with E-state index in [2.05, 4.69) is 15.6 Å². The maximum absolute atomic E-state index is 6.06. The fraction of sp³-hybridized carbons (Fsp3) is 0.778. The van der Waals surface area contributed by atoms with Crippen molar-refractivity contribution in [2.75, 3.05) is 30.7 Å². The van der Waals surface area contributed by atoms with Gasteiger partial charge in [0.1, 0.15) is 5.82 Å². The molecule has 0 bridgehead atoms. The third kappa shape index (κ3) is 2.91. The van der Waals surface area contributed by atoms with Crippen molar-refractivity contribution < 1.29 is 0 Å². The molecule has 1 atom stereocenters. The first kappa shape index (κ1) is 15.2. The molecule has 2 fully saturated rings. The van der Waals surface area contributed by atoms with Crippen molar-refractivity contribution in [3.63, 3.8) is 0 Å². The molecule has 126 valence electrons. The molecule has 0 aromatic carbocycles. The quantitative estimate of drug-likeness (QED) is 0.796. The average Bonchev–Trinajstić information content (AvgIpc) is 3.21. The number of nitrogens with zero attached hydrogens (tertiary/aromatic N) is 2. The van der Waals surface area contributed by atoms with E-state index in [4.69, 9.17) is 10.7 Å². The molecule has 0 amide bonds. The second-order valence-electron chi connectivity index (χ2n) is 7.67. The maximum Gasteiger partial charge on any atom is 0.222 e. The molecule has 1 aromatic heterocycles. The summed E-state index contributed by atoms with van der Waals surface area (Å²) >= 11 is 0. The lowest BCUT2D eigenvalue weighted by Crippen LogP contribution is -2.31. The number of aromatic nitrogens is 2. The van der Waals surface area contributed by atoms with Crippen LogP contribution in [0.25, 0.3) is 0 Å². The summed E-state index contributed by atoms with van der Waals surface area (Å²) in [6, 6.07) is 0. The summed E-state index contributed by atoms with van der Waals surface area (Å²) in [4.78, 5) is 9.26. The van der Waals surface area contributed by atoms with E-state index in [1.54, 1.807) is 0 Å². The molecule has 23 heavy (non-hydrogen) atoms. The summed E-state index contributed by atoms with van der Waals surface area (Å²) in [5.74, 6) is 2.27. The van der Waals surface area contributed by atoms with Crippen LogP contribution < -0.4 is 16.4 Å². The van der Waals surface area contributed by atoms with Gasteiger partial charge in [0.05, 0.1) is 5.69 Å². The van der Waals surface area contributed by atoms with Gasteiger partial charge in [0, 0.05) is 17.5 Å². The van der Waals surface area contributed by atoms with Crippen LogP contribution in [-0.4, -0.2) is 29.6 Å². The lowest BCUT2D eigenvalue weighted by molar-refractivity contribution is 0.358. The topological polar surface area (TPSA) is 75.9 Å². The number of hydrogen-bond donors (Lipinski definition) is 3. The van der Waals surface area contributed by atoms with E-state index in [1.165, 1.54) is 69.2 Å². The van der Waals surface area contributed by atoms with Gasteiger partial charge in [-0.3, -0.25) is 0 Å². The summed E-state index contributed by atoms with van der Waals surface area (Å²) in [5, 5.41) is 7.03. The average molecular weight is 315 g/mol. The monoisotopic (exact) mass is 315 g/mol. The van der Waals surface area contributed by atoms with Gasteiger partial charge in [0.25, 0.3) is 0 Å². The summed E-state index contributed by atoms with van der Waals surface area (Å²) in [6.45, 7) is 3.32. The largest absolute Gasteiger partial charge is 0.370 e. The highest BCUT2D eigenvalue weighted by molar-refractivity contribution is 5.53. The summed E-state index contributed by atoms with van der Waals surface area (Å²) in [7, 11) is 0. The predicted molar refractivity (Wildman–Crippen MR) is 93.6 cm³/mol. The van der Waals surface area contributed by atoms with Crippen LogP contribution in [0, 0.1) is 5.92 Å². The van der Waals surface area contributed by atoms with Gasteiger partial charge in [-0.2, -0.15) is 4.98 Å². The van der Waals surface area contributed by atoms with Crippen LogP contribution in [0.1, 0.15) is 62.6 Å². The van der Waals surface area contributed by atoms with Gasteiger partial charge in [0.2, 0.25) is 5.95 Å². The standard InChI is InChI=1S/C18H29N5/c19-17-22-15-14(4-3-9-18(15)7-1-2-8-18)16(23-17)21-11-6-13-5-10-20-12-13/h13,20H,1-12H2,(H3,19,21,22,23). The molecule has 1 unspecified atom stereocenters. The number of anilines is 2. The van der Waals surface area contributed by atoms with E-state index in [1.807, 2.05) is 0 Å². The van der Waals surface area contributed by atoms with Crippen LogP contribution in [0.15, 0.2) is 0 Å². The van der Waals surface area contributed by atoms with E-state index < -0.39 is 0 Å². The molecular weight excluding hydrogens is 286 g/mol. The first-order valence-corrected chi connectivity index (χ1v) is 9.38. The van der Waals surface area contributed by atoms with E-state index >= 15 is 0 Å². The zero-order valence-corrected chi connectivity index (χ0v) is 14.0. The van der Waals surface area contributed by atoms with Gasteiger partial charge in [0.15, 0.2) is 0 Å². The molecule has 5 heteroatoms. The van der Waals surface area contributed by atoms with Crippen molar-refractivity contribution in [3.05, 3.63) is 11.3 Å². The van der Waals surface area contributed by atoms with Gasteiger partial charge in [-0.05, 0) is 64.0 Å². The molecule has 1 aromatic rings. The molecule has 1 saturated carbocycles. The SMILES string of the molecule is Nc1nc(NCCC2CCNC2)c2c(n1)C1(CCCC1)CCC2. The number of nitrogens with one attached hydrogen (secondary N) is 2. The molecule has 4 N–H and O–H groups in total. The zero-order valence-electron chi connectivity index (χ0n) is 14.0. The van der Waals surface area contributed by atoms with Crippen LogP contribution in [0.4, 0.5) is 11.8 Å². The fourth-order valence-corrected chi connectivity index (χ4v) is 4.94. The third-order valence-electron chi connectivity index (χ3n) is 6.18. The molecular formula is C18H29N5. The van der Waals surface area contributed by atoms with Crippen LogP contribution in [0.2, 0.25) is 0 Å². The summed E-state index contributed by atoms with van der Waals surface area (Å²) in [6.07, 6.45) is 11.4. The minimum atomic E-state index is 0.302. The van der Waals surface area contributed by atoms with E-state index in [0.717, 1.165) is 31.2 Å². The van der Waals surface area contributed by atoms with E-state index in [0.29, 0.717) is 11.4 Å². The predicted octanol–water partition coefficient (Wildman–Crippen LogP) is 2.62. The third-order valence-corrected chi connectivity index (χ3v) is 6.18. The Kier molecular flexibility index (Phi) is 4.14. The molecule has 1 aliphatic heterocycles. The molecule has 0 radical (unpaired) electrons. The van der Waals surface area contributed by atoms with Crippen molar-refractivity contribution in [1.82, 2.24) is 15.3 Å². The van der Waals surface area contributed by atoms with Crippen molar-refractivity contribution in [1.29, 1.82) is 0 Å². The van der Waals surface area contributed by atoms with Crippen molar-refractivity contribution in [2.24, 2.45) is 5.92 Å². The summed E-state index contributed by atoms with van der Waals surface area (Å²) < 4.78 is 0. The molecule has 3 aliphatic rings. The highest BCUT2D eigenvalue weighted by atomic mass is 15.1. The Labute approximate surface area is 138 Å². The first-order chi connectivity index (χ1) is 11.3. The van der Waals surface area contributed by atoms with Crippen molar-refractivity contribution in [2.45, 2.75) is 63.2 Å². The number of fused-ring (bicyclic) bond motifs is 2. The number of rotatable bonds is 4. The van der Waals surface area contributed by atoms with Crippen molar-refractivity contribution in [3.8, 4) is 0 Å². The van der Waals surface area contributed by atoms with Gasteiger partial charge in [-0.25, -0.2) is 4.98 Å². The normalized spacial score (nSPS) is 25.7. The van der Waals surface area contributed by atoms with Crippen LogP contribution in [0.5, 0.6) is 0 Å². The van der Waals surface area contributed by atoms with Gasteiger partial charge in [-0.1, -0.05) is 12.8 Å². The smallest absolute Gasteiger partial charge is 0.222 e. The number of nitrogens with two attached hydrogens (primary N) is 1. The van der Waals surface area contributed by atoms with Crippen LogP contribution in [-0.2, 0) is 11.8 Å². The Balaban J connectivity index is 1.54. The minimum absolute atomic E-state index is 0.302. The molecule has 2 aliphatic carbocycles. The van der Waals surface area contributed by atoms with Gasteiger partial charge < -0.3 is 16.4 Å². The van der Waals surface area contributed by atoms with Crippen molar-refractivity contribution >= 4 is 11.8 Å². The first-order valence-electron chi connectivity index (χ1n) is 9.38. The zero-order chi connectivity index (χ0) is 15.7. The molecule has 1 saturated heterocycles. The lowest BCUT2D eigenvalue weighted by Gasteiger charge is -2.35. The Morgan fingerprint density at radius 3 is 2.78 bits per heavy atom. The highest BCUT2D eigenvalue weighted by Crippen LogP contribution is 2.49. The summed E-state index contributed by atoms with van der Waals surface area (Å²) in [5.41, 5.74) is 8.99. The number of nitrogen functional groups attached to an aromatic ring is 1. The van der Waals surface area contributed by atoms with Gasteiger partial charge >= 0.3 is 0 Å². The molecule has 5 nitrogen and oxygen atoms in total. The van der Waals surface area contributed by atoms with E-state index in [-0.39, 0.29) is 0 Å². The molecule has 2 heterocycles. The second kappa shape index (κ2) is 6.27. The second-order valence-corrected chi connectivity index (χ2v) is 7.67. The Morgan fingerprint density at radius 1 is 1.17 bits per heavy atom. The fourth-order valence-electron chi connectivity index (χ4n) is 4.94. The van der Waals surface area contributed by atoms with Gasteiger partial charge in [-0.15, -0.1) is 0 Å². The molecule has 4 rings (SSSR count).